The van der Waals surface area contributed by atoms with Gasteiger partial charge in [-0.3, -0.25) is 9.59 Å². The molecule has 0 aromatic heterocycles. The molecule has 0 atom stereocenters. The largest absolute Gasteiger partial charge is 0.492 e. The molecule has 0 unspecified atom stereocenters. The Balaban J connectivity index is 1.68. The molecule has 3 N–H and O–H groups in total. The number of carbonyl (C=O) groups excluding carboxylic acids is 2. The molecular weight excluding hydrogens is 326 g/mol. The van der Waals surface area contributed by atoms with Crippen molar-refractivity contribution in [3.05, 3.63) is 24.3 Å². The van der Waals surface area contributed by atoms with E-state index in [1.54, 1.807) is 29.2 Å². The zero-order chi connectivity index (χ0) is 18.2. The Kier molecular flexibility index (Phi) is 6.62. The third-order valence-electron chi connectivity index (χ3n) is 3.93. The first-order chi connectivity index (χ1) is 12.0. The highest BCUT2D eigenvalue weighted by Gasteiger charge is 2.26. The van der Waals surface area contributed by atoms with Crippen LogP contribution in [0.2, 0.25) is 0 Å². The van der Waals surface area contributed by atoms with E-state index < -0.39 is 5.97 Å². The summed E-state index contributed by atoms with van der Waals surface area (Å²) in [6, 6.07) is 6.80. The molecule has 1 fully saturated rings. The van der Waals surface area contributed by atoms with Crippen LogP contribution in [0.4, 0.5) is 10.5 Å². The van der Waals surface area contributed by atoms with E-state index in [1.165, 1.54) is 6.92 Å². The highest BCUT2D eigenvalue weighted by molar-refractivity contribution is 5.88. The highest BCUT2D eigenvalue weighted by Crippen LogP contribution is 2.18. The third-order valence-corrected chi connectivity index (χ3v) is 3.93. The van der Waals surface area contributed by atoms with Gasteiger partial charge in [-0.05, 0) is 25.0 Å². The summed E-state index contributed by atoms with van der Waals surface area (Å²) in [4.78, 5) is 35.6. The highest BCUT2D eigenvalue weighted by atomic mass is 16.5. The molecule has 2 rings (SSSR count). The van der Waals surface area contributed by atoms with E-state index in [9.17, 15) is 14.4 Å². The smallest absolute Gasteiger partial charge is 0.317 e. The molecule has 136 valence electrons. The number of amides is 3. The van der Waals surface area contributed by atoms with Crippen molar-refractivity contribution in [1.82, 2.24) is 10.2 Å². The minimum atomic E-state index is -0.796. The fraction of sp³-hybridized carbons (Fsp3) is 0.471. The number of hydrogen-bond acceptors (Lipinski definition) is 4. The van der Waals surface area contributed by atoms with Crippen molar-refractivity contribution in [1.29, 1.82) is 0 Å². The van der Waals surface area contributed by atoms with Gasteiger partial charge in [0.15, 0.2) is 0 Å². The number of carboxylic acid groups (broad SMARTS) is 1. The Morgan fingerprint density at radius 1 is 1.28 bits per heavy atom. The molecule has 1 aliphatic heterocycles. The predicted molar refractivity (Wildman–Crippen MR) is 91.6 cm³/mol. The van der Waals surface area contributed by atoms with Gasteiger partial charge in [0.1, 0.15) is 12.4 Å². The van der Waals surface area contributed by atoms with Crippen LogP contribution >= 0.6 is 0 Å². The number of carbonyl (C=O) groups is 3. The molecule has 0 bridgehead atoms. The minimum absolute atomic E-state index is 0.156. The first-order valence-corrected chi connectivity index (χ1v) is 8.21. The second-order valence-corrected chi connectivity index (χ2v) is 5.89. The quantitative estimate of drug-likeness (QED) is 0.675. The van der Waals surface area contributed by atoms with Crippen molar-refractivity contribution in [2.45, 2.75) is 19.8 Å². The Morgan fingerprint density at radius 3 is 2.64 bits per heavy atom. The number of anilines is 1. The fourth-order valence-electron chi connectivity index (χ4n) is 2.64. The summed E-state index contributed by atoms with van der Waals surface area (Å²) in [6.07, 6.45) is 0.963. The van der Waals surface area contributed by atoms with E-state index >= 15 is 0 Å². The number of urea groups is 1. The van der Waals surface area contributed by atoms with E-state index in [2.05, 4.69) is 10.6 Å². The van der Waals surface area contributed by atoms with Gasteiger partial charge in [-0.1, -0.05) is 6.07 Å². The van der Waals surface area contributed by atoms with Gasteiger partial charge in [-0.15, -0.1) is 0 Å². The lowest BCUT2D eigenvalue weighted by molar-refractivity contribution is -0.143. The number of rotatable bonds is 6. The van der Waals surface area contributed by atoms with Gasteiger partial charge in [0, 0.05) is 31.8 Å². The van der Waals surface area contributed by atoms with Crippen LogP contribution in [0.25, 0.3) is 0 Å². The Morgan fingerprint density at radius 2 is 2.00 bits per heavy atom. The van der Waals surface area contributed by atoms with E-state index in [4.69, 9.17) is 9.84 Å². The van der Waals surface area contributed by atoms with Crippen LogP contribution < -0.4 is 15.4 Å². The van der Waals surface area contributed by atoms with E-state index in [0.29, 0.717) is 50.5 Å². The van der Waals surface area contributed by atoms with Crippen molar-refractivity contribution in [3.63, 3.8) is 0 Å². The molecule has 0 spiro atoms. The summed E-state index contributed by atoms with van der Waals surface area (Å²) in [5.74, 6) is -0.711. The standard InChI is InChI=1S/C17H23N3O5/c1-12(21)19-14-3-2-4-15(11-14)25-10-7-18-17(24)20-8-5-13(6-9-20)16(22)23/h2-4,11,13H,5-10H2,1H3,(H,18,24)(H,19,21)(H,22,23). The maximum Gasteiger partial charge on any atom is 0.317 e. The van der Waals surface area contributed by atoms with Gasteiger partial charge in [-0.2, -0.15) is 0 Å². The summed E-state index contributed by atoms with van der Waals surface area (Å²) < 4.78 is 5.55. The molecule has 0 saturated carbocycles. The van der Waals surface area contributed by atoms with Crippen LogP contribution in [0.1, 0.15) is 19.8 Å². The number of nitrogens with zero attached hydrogens (tertiary/aromatic N) is 1. The third kappa shape index (κ3) is 5.98. The number of likely N-dealkylation sites (tertiary alicyclic amines) is 1. The Labute approximate surface area is 146 Å². The second kappa shape index (κ2) is 8.91. The van der Waals surface area contributed by atoms with Crippen LogP contribution in [0.15, 0.2) is 24.3 Å². The van der Waals surface area contributed by atoms with Crippen molar-refractivity contribution in [2.75, 3.05) is 31.6 Å². The molecule has 1 saturated heterocycles. The van der Waals surface area contributed by atoms with Gasteiger partial charge in [-0.25, -0.2) is 4.79 Å². The lowest BCUT2D eigenvalue weighted by atomic mass is 9.97. The van der Waals surface area contributed by atoms with Crippen molar-refractivity contribution >= 4 is 23.6 Å². The SMILES string of the molecule is CC(=O)Nc1cccc(OCCNC(=O)N2CCC(C(=O)O)CC2)c1. The maximum atomic E-state index is 12.0. The minimum Gasteiger partial charge on any atom is -0.492 e. The van der Waals surface area contributed by atoms with E-state index in [0.717, 1.165) is 0 Å². The first-order valence-electron chi connectivity index (χ1n) is 8.21. The zero-order valence-corrected chi connectivity index (χ0v) is 14.2. The molecule has 0 aliphatic carbocycles. The zero-order valence-electron chi connectivity index (χ0n) is 14.2. The van der Waals surface area contributed by atoms with Gasteiger partial charge < -0.3 is 25.4 Å². The van der Waals surface area contributed by atoms with Crippen LogP contribution in [0.5, 0.6) is 5.75 Å². The summed E-state index contributed by atoms with van der Waals surface area (Å²) in [5, 5.41) is 14.4. The number of nitrogens with one attached hydrogen (secondary N) is 2. The van der Waals surface area contributed by atoms with E-state index in [-0.39, 0.29) is 17.9 Å². The van der Waals surface area contributed by atoms with Crippen LogP contribution in [-0.2, 0) is 9.59 Å². The van der Waals surface area contributed by atoms with Crippen LogP contribution in [-0.4, -0.2) is 54.2 Å². The molecule has 1 aromatic carbocycles. The Hall–Kier alpha value is -2.77. The topological polar surface area (TPSA) is 108 Å². The molecule has 25 heavy (non-hydrogen) atoms. The molecule has 1 aliphatic rings. The lowest BCUT2D eigenvalue weighted by Gasteiger charge is -2.30. The second-order valence-electron chi connectivity index (χ2n) is 5.89. The fourth-order valence-corrected chi connectivity index (χ4v) is 2.64. The van der Waals surface area contributed by atoms with Crippen molar-refractivity contribution < 1.29 is 24.2 Å². The molecule has 8 heteroatoms. The average molecular weight is 349 g/mol. The summed E-state index contributed by atoms with van der Waals surface area (Å²) in [5.41, 5.74) is 0.648. The van der Waals surface area contributed by atoms with Gasteiger partial charge >= 0.3 is 12.0 Å². The van der Waals surface area contributed by atoms with Crippen LogP contribution in [0, 0.1) is 5.92 Å². The average Bonchev–Trinajstić information content (AvgIpc) is 2.58. The number of aliphatic carboxylic acids is 1. The van der Waals surface area contributed by atoms with E-state index in [1.807, 2.05) is 0 Å². The number of carboxylic acids is 1. The number of piperidine rings is 1. The monoisotopic (exact) mass is 349 g/mol. The molecule has 3 amide bonds. The first kappa shape index (κ1) is 18.6. The maximum absolute atomic E-state index is 12.0. The molecule has 1 heterocycles. The Bertz CT molecular complexity index is 626. The summed E-state index contributed by atoms with van der Waals surface area (Å²) in [7, 11) is 0. The summed E-state index contributed by atoms with van der Waals surface area (Å²) >= 11 is 0. The number of benzene rings is 1. The molecule has 1 aromatic rings. The van der Waals surface area contributed by atoms with Gasteiger partial charge in [0.25, 0.3) is 0 Å². The normalized spacial score (nSPS) is 14.7. The number of ether oxygens (including phenoxy) is 1. The number of hydrogen-bond donors (Lipinski definition) is 3. The van der Waals surface area contributed by atoms with Gasteiger partial charge in [0.2, 0.25) is 5.91 Å². The van der Waals surface area contributed by atoms with Crippen molar-refractivity contribution in [2.24, 2.45) is 5.92 Å². The van der Waals surface area contributed by atoms with Crippen molar-refractivity contribution in [3.8, 4) is 5.75 Å². The molecule has 8 nitrogen and oxygen atoms in total. The lowest BCUT2D eigenvalue weighted by Crippen LogP contribution is -2.46. The molecular formula is C17H23N3O5. The molecule has 0 radical (unpaired) electrons. The van der Waals surface area contributed by atoms with Crippen LogP contribution in [0.3, 0.4) is 0 Å². The summed E-state index contributed by atoms with van der Waals surface area (Å²) in [6.45, 7) is 2.95. The van der Waals surface area contributed by atoms with Gasteiger partial charge in [0.05, 0.1) is 12.5 Å². The predicted octanol–water partition coefficient (Wildman–Crippen LogP) is 1.53.